The zero-order valence-electron chi connectivity index (χ0n) is 11.7. The van der Waals surface area contributed by atoms with Crippen molar-refractivity contribution in [2.75, 3.05) is 6.61 Å². The zero-order valence-corrected chi connectivity index (χ0v) is 12.4. The van der Waals surface area contributed by atoms with Crippen molar-refractivity contribution in [3.8, 4) is 0 Å². The summed E-state index contributed by atoms with van der Waals surface area (Å²) >= 11 is 5.96. The second-order valence-electron chi connectivity index (χ2n) is 5.01. The molecule has 1 saturated carbocycles. The van der Waals surface area contributed by atoms with Crippen molar-refractivity contribution >= 4 is 29.6 Å². The van der Waals surface area contributed by atoms with Crippen molar-refractivity contribution in [3.63, 3.8) is 0 Å². The van der Waals surface area contributed by atoms with Gasteiger partial charge < -0.3 is 10.1 Å². The first-order valence-electron chi connectivity index (χ1n) is 7.04. The summed E-state index contributed by atoms with van der Waals surface area (Å²) < 4.78 is 4.89. The van der Waals surface area contributed by atoms with E-state index in [0.717, 1.165) is 31.2 Å². The van der Waals surface area contributed by atoms with Crippen LogP contribution in [0.5, 0.6) is 0 Å². The van der Waals surface area contributed by atoms with Crippen LogP contribution in [0.1, 0.15) is 31.2 Å². The van der Waals surface area contributed by atoms with E-state index in [1.54, 1.807) is 18.2 Å². The van der Waals surface area contributed by atoms with E-state index in [2.05, 4.69) is 5.32 Å². The van der Waals surface area contributed by atoms with Crippen molar-refractivity contribution < 1.29 is 14.3 Å². The Hall–Kier alpha value is -1.81. The molecule has 4 nitrogen and oxygen atoms in total. The Labute approximate surface area is 129 Å². The van der Waals surface area contributed by atoms with Gasteiger partial charge in [-0.1, -0.05) is 42.6 Å². The van der Waals surface area contributed by atoms with E-state index < -0.39 is 5.97 Å². The molecular formula is C16H18ClNO3. The van der Waals surface area contributed by atoms with Gasteiger partial charge in [-0.05, 0) is 30.5 Å². The molecule has 0 aliphatic heterocycles. The summed E-state index contributed by atoms with van der Waals surface area (Å²) in [5.74, 6) is -0.808. The number of carbonyl (C=O) groups is 2. The average Bonchev–Trinajstić information content (AvgIpc) is 2.97. The number of rotatable bonds is 5. The number of hydrogen-bond acceptors (Lipinski definition) is 3. The number of esters is 1. The van der Waals surface area contributed by atoms with E-state index in [0.29, 0.717) is 5.02 Å². The second-order valence-corrected chi connectivity index (χ2v) is 5.42. The van der Waals surface area contributed by atoms with Gasteiger partial charge in [0.15, 0.2) is 6.61 Å². The molecule has 1 N–H and O–H groups in total. The lowest BCUT2D eigenvalue weighted by Crippen LogP contribution is -2.35. The fraction of sp³-hybridized carbons (Fsp3) is 0.375. The van der Waals surface area contributed by atoms with E-state index in [1.807, 2.05) is 12.1 Å². The highest BCUT2D eigenvalue weighted by Gasteiger charge is 2.17. The first-order valence-corrected chi connectivity index (χ1v) is 7.41. The highest BCUT2D eigenvalue weighted by Crippen LogP contribution is 2.17. The monoisotopic (exact) mass is 307 g/mol. The molecule has 1 fully saturated rings. The van der Waals surface area contributed by atoms with Gasteiger partial charge in [-0.3, -0.25) is 4.79 Å². The Morgan fingerprint density at radius 2 is 2.00 bits per heavy atom. The Bertz CT molecular complexity index is 536. The average molecular weight is 308 g/mol. The normalized spacial score (nSPS) is 15.3. The Balaban J connectivity index is 1.74. The molecule has 5 heteroatoms. The summed E-state index contributed by atoms with van der Waals surface area (Å²) in [5, 5.41) is 3.41. The quantitative estimate of drug-likeness (QED) is 0.672. The summed E-state index contributed by atoms with van der Waals surface area (Å²) in [6, 6.07) is 7.40. The fourth-order valence-corrected chi connectivity index (χ4v) is 2.49. The van der Waals surface area contributed by atoms with Crippen molar-refractivity contribution in [1.82, 2.24) is 5.32 Å². The summed E-state index contributed by atoms with van der Waals surface area (Å²) in [5.41, 5.74) is 0.728. The van der Waals surface area contributed by atoms with Gasteiger partial charge in [-0.25, -0.2) is 4.79 Å². The molecule has 2 rings (SSSR count). The van der Waals surface area contributed by atoms with Crippen LogP contribution in [0.25, 0.3) is 6.08 Å². The molecular weight excluding hydrogens is 290 g/mol. The first-order chi connectivity index (χ1) is 10.1. The third-order valence-electron chi connectivity index (χ3n) is 3.37. The lowest BCUT2D eigenvalue weighted by Gasteiger charge is -2.11. The molecule has 1 aliphatic rings. The van der Waals surface area contributed by atoms with E-state index in [1.165, 1.54) is 6.08 Å². The van der Waals surface area contributed by atoms with Crippen molar-refractivity contribution in [2.24, 2.45) is 0 Å². The summed E-state index contributed by atoms with van der Waals surface area (Å²) in [6.45, 7) is -0.248. The van der Waals surface area contributed by atoms with Crippen LogP contribution in [0.2, 0.25) is 5.02 Å². The van der Waals surface area contributed by atoms with Crippen molar-refractivity contribution in [3.05, 3.63) is 40.9 Å². The van der Waals surface area contributed by atoms with Crippen LogP contribution >= 0.6 is 11.6 Å². The molecule has 0 bridgehead atoms. The Kier molecular flexibility index (Phi) is 5.81. The number of hydrogen-bond donors (Lipinski definition) is 1. The van der Waals surface area contributed by atoms with Crippen LogP contribution in [-0.2, 0) is 14.3 Å². The molecule has 0 saturated heterocycles. The summed E-state index contributed by atoms with van der Waals surface area (Å²) in [4.78, 5) is 23.1. The van der Waals surface area contributed by atoms with Gasteiger partial charge in [0.05, 0.1) is 0 Å². The van der Waals surface area contributed by atoms with Crippen LogP contribution < -0.4 is 5.32 Å². The maximum atomic E-state index is 11.6. The van der Waals surface area contributed by atoms with Gasteiger partial charge in [0.1, 0.15) is 0 Å². The molecule has 21 heavy (non-hydrogen) atoms. The molecule has 0 aromatic heterocycles. The molecule has 1 aromatic rings. The molecule has 1 aliphatic carbocycles. The zero-order chi connectivity index (χ0) is 15.1. The standard InChI is InChI=1S/C16H18ClNO3/c17-14-8-4-1-5-12(14)9-10-16(20)21-11-15(19)18-13-6-2-3-7-13/h1,4-5,8-10,13H,2-3,6-7,11H2,(H,18,19)/b10-9+. The predicted molar refractivity (Wildman–Crippen MR) is 81.8 cm³/mol. The number of halogens is 1. The van der Waals surface area contributed by atoms with Crippen LogP contribution in [0, 0.1) is 0 Å². The minimum atomic E-state index is -0.559. The van der Waals surface area contributed by atoms with E-state index in [-0.39, 0.29) is 18.6 Å². The first kappa shape index (κ1) is 15.6. The minimum Gasteiger partial charge on any atom is -0.452 e. The molecule has 0 radical (unpaired) electrons. The van der Waals surface area contributed by atoms with E-state index in [4.69, 9.17) is 16.3 Å². The number of amides is 1. The number of benzene rings is 1. The second kappa shape index (κ2) is 7.84. The van der Waals surface area contributed by atoms with Gasteiger partial charge in [-0.15, -0.1) is 0 Å². The summed E-state index contributed by atoms with van der Waals surface area (Å²) in [6.07, 6.45) is 7.14. The van der Waals surface area contributed by atoms with Crippen molar-refractivity contribution in [1.29, 1.82) is 0 Å². The number of nitrogens with one attached hydrogen (secondary N) is 1. The lowest BCUT2D eigenvalue weighted by atomic mass is 10.2. The Morgan fingerprint density at radius 3 is 2.71 bits per heavy atom. The predicted octanol–water partition coefficient (Wildman–Crippen LogP) is 2.96. The Morgan fingerprint density at radius 1 is 1.29 bits per heavy atom. The third kappa shape index (κ3) is 5.23. The van der Waals surface area contributed by atoms with E-state index >= 15 is 0 Å². The number of carbonyl (C=O) groups excluding carboxylic acids is 2. The van der Waals surface area contributed by atoms with Crippen LogP contribution in [0.4, 0.5) is 0 Å². The van der Waals surface area contributed by atoms with Crippen LogP contribution in [0.3, 0.4) is 0 Å². The maximum Gasteiger partial charge on any atom is 0.331 e. The highest BCUT2D eigenvalue weighted by molar-refractivity contribution is 6.32. The molecule has 0 unspecified atom stereocenters. The molecule has 1 amide bonds. The van der Waals surface area contributed by atoms with Gasteiger partial charge >= 0.3 is 5.97 Å². The summed E-state index contributed by atoms with van der Waals surface area (Å²) in [7, 11) is 0. The van der Waals surface area contributed by atoms with Gasteiger partial charge in [0.25, 0.3) is 5.91 Å². The fourth-order valence-electron chi connectivity index (χ4n) is 2.29. The largest absolute Gasteiger partial charge is 0.452 e. The molecule has 1 aromatic carbocycles. The number of ether oxygens (including phenoxy) is 1. The molecule has 0 heterocycles. The minimum absolute atomic E-state index is 0.231. The van der Waals surface area contributed by atoms with Crippen LogP contribution in [0.15, 0.2) is 30.3 Å². The molecule has 112 valence electrons. The topological polar surface area (TPSA) is 55.4 Å². The SMILES string of the molecule is O=C(COC(=O)/C=C/c1ccccc1Cl)NC1CCCC1. The maximum absolute atomic E-state index is 11.6. The van der Waals surface area contributed by atoms with E-state index in [9.17, 15) is 9.59 Å². The highest BCUT2D eigenvalue weighted by atomic mass is 35.5. The molecule has 0 spiro atoms. The van der Waals surface area contributed by atoms with Crippen molar-refractivity contribution in [2.45, 2.75) is 31.7 Å². The van der Waals surface area contributed by atoms with Gasteiger partial charge in [0, 0.05) is 17.1 Å². The smallest absolute Gasteiger partial charge is 0.331 e. The van der Waals surface area contributed by atoms with Gasteiger partial charge in [0.2, 0.25) is 0 Å². The lowest BCUT2D eigenvalue weighted by molar-refractivity contribution is -0.144. The van der Waals surface area contributed by atoms with Gasteiger partial charge in [-0.2, -0.15) is 0 Å². The van der Waals surface area contributed by atoms with Crippen LogP contribution in [-0.4, -0.2) is 24.5 Å². The third-order valence-corrected chi connectivity index (χ3v) is 3.71. The molecule has 0 atom stereocenters.